The van der Waals surface area contributed by atoms with Crippen molar-refractivity contribution >= 4 is 39.1 Å². The van der Waals surface area contributed by atoms with Gasteiger partial charge in [-0.3, -0.25) is 4.79 Å². The Morgan fingerprint density at radius 2 is 2.15 bits per heavy atom. The summed E-state index contributed by atoms with van der Waals surface area (Å²) in [5.41, 5.74) is 4.98. The highest BCUT2D eigenvalue weighted by atomic mass is 35.5. The molecule has 5 rings (SSSR count). The average molecular weight is 485 g/mol. The number of hydrogen-bond donors (Lipinski definition) is 1. The largest absolute Gasteiger partial charge is 0.369 e. The van der Waals surface area contributed by atoms with E-state index in [9.17, 15) is 4.79 Å². The number of carbonyl (C=O) groups is 1. The second-order valence-electron chi connectivity index (χ2n) is 9.65. The molecule has 1 unspecified atom stereocenters. The van der Waals surface area contributed by atoms with Crippen molar-refractivity contribution in [3.63, 3.8) is 0 Å². The summed E-state index contributed by atoms with van der Waals surface area (Å²) < 4.78 is 7.40. The van der Waals surface area contributed by atoms with Crippen LogP contribution in [0.3, 0.4) is 0 Å². The fourth-order valence-electron chi connectivity index (χ4n) is 4.90. The summed E-state index contributed by atoms with van der Waals surface area (Å²) in [6.45, 7) is 9.47. The van der Waals surface area contributed by atoms with Crippen LogP contribution in [-0.4, -0.2) is 52.1 Å². The maximum Gasteiger partial charge on any atom is 0.222 e. The number of fused-ring (bicyclic) bond motifs is 1. The van der Waals surface area contributed by atoms with Gasteiger partial charge in [0, 0.05) is 47.9 Å². The van der Waals surface area contributed by atoms with E-state index in [1.165, 1.54) is 5.56 Å². The number of ether oxygens (including phenoxy) is 1. The second-order valence-corrected chi connectivity index (χ2v) is 11.2. The molecule has 4 heterocycles. The summed E-state index contributed by atoms with van der Waals surface area (Å²) in [6.07, 6.45) is 4.06. The molecule has 8 heteroatoms. The van der Waals surface area contributed by atoms with Crippen LogP contribution in [0.4, 0.5) is 0 Å². The van der Waals surface area contributed by atoms with E-state index in [0.717, 1.165) is 64.4 Å². The van der Waals surface area contributed by atoms with E-state index in [1.54, 1.807) is 17.7 Å². The molecule has 3 aromatic rings. The number of carbonyl (C=O) groups excluding carboxylic acids is 1. The first-order chi connectivity index (χ1) is 15.8. The van der Waals surface area contributed by atoms with Gasteiger partial charge in [0.1, 0.15) is 6.33 Å². The SMILES string of the molecule is Cc1cc(Cl)cc(-c2ncnc3cc(CN4CCCC4=O)sc23)c1CC1CNCC(C)(C)O1. The molecule has 0 saturated carbocycles. The minimum atomic E-state index is -0.193. The zero-order valence-corrected chi connectivity index (χ0v) is 20.9. The standard InChI is InChI=1S/C25H29ClN4O2S/c1-15-7-16(26)8-20(19(15)9-17-11-27-13-25(2,3)32-17)23-24-21(28-14-29-23)10-18(33-24)12-30-6-4-5-22(30)31/h7-8,10,14,17,27H,4-6,9,11-13H2,1-3H3. The van der Waals surface area contributed by atoms with Crippen LogP contribution in [0.25, 0.3) is 21.5 Å². The molecule has 33 heavy (non-hydrogen) atoms. The van der Waals surface area contributed by atoms with Crippen LogP contribution < -0.4 is 5.32 Å². The minimum absolute atomic E-state index is 0.0739. The number of likely N-dealkylation sites (tertiary alicyclic amines) is 1. The summed E-state index contributed by atoms with van der Waals surface area (Å²) in [5, 5.41) is 4.19. The fraction of sp³-hybridized carbons (Fsp3) is 0.480. The lowest BCUT2D eigenvalue weighted by Crippen LogP contribution is -2.51. The van der Waals surface area contributed by atoms with Gasteiger partial charge >= 0.3 is 0 Å². The average Bonchev–Trinajstić information content (AvgIpc) is 3.34. The molecule has 2 aliphatic heterocycles. The predicted octanol–water partition coefficient (Wildman–Crippen LogP) is 4.75. The van der Waals surface area contributed by atoms with Gasteiger partial charge in [0.2, 0.25) is 5.91 Å². The van der Waals surface area contributed by atoms with E-state index >= 15 is 0 Å². The van der Waals surface area contributed by atoms with Crippen LogP contribution in [0.5, 0.6) is 0 Å². The number of rotatable bonds is 5. The Bertz CT molecular complexity index is 1210. The Balaban J connectivity index is 1.53. The number of aryl methyl sites for hydroxylation is 1. The number of halogens is 1. The van der Waals surface area contributed by atoms with E-state index in [-0.39, 0.29) is 17.6 Å². The van der Waals surface area contributed by atoms with E-state index in [1.807, 2.05) is 17.0 Å². The molecule has 2 aromatic heterocycles. The maximum absolute atomic E-state index is 12.1. The number of nitrogens with one attached hydrogen (secondary N) is 1. The normalized spacial score (nSPS) is 20.7. The summed E-state index contributed by atoms with van der Waals surface area (Å²) in [6, 6.07) is 6.11. The van der Waals surface area contributed by atoms with Crippen LogP contribution in [0.1, 0.15) is 42.7 Å². The lowest BCUT2D eigenvalue weighted by molar-refractivity contribution is -0.128. The van der Waals surface area contributed by atoms with Crippen LogP contribution in [0.2, 0.25) is 5.02 Å². The molecule has 1 aromatic carbocycles. The molecular formula is C25H29ClN4O2S. The van der Waals surface area contributed by atoms with Crippen LogP contribution >= 0.6 is 22.9 Å². The zero-order valence-electron chi connectivity index (χ0n) is 19.3. The molecule has 1 N–H and O–H groups in total. The number of aromatic nitrogens is 2. The van der Waals surface area contributed by atoms with Crippen LogP contribution in [0, 0.1) is 6.92 Å². The Hall–Kier alpha value is -2.06. The highest BCUT2D eigenvalue weighted by Crippen LogP contribution is 2.38. The first-order valence-corrected chi connectivity index (χ1v) is 12.7. The number of morpholine rings is 1. The van der Waals surface area contributed by atoms with Crippen molar-refractivity contribution in [2.45, 2.75) is 58.3 Å². The van der Waals surface area contributed by atoms with Gasteiger partial charge in [-0.05, 0) is 56.5 Å². The summed E-state index contributed by atoms with van der Waals surface area (Å²) in [4.78, 5) is 24.4. The maximum atomic E-state index is 12.1. The molecule has 0 aliphatic carbocycles. The molecule has 2 saturated heterocycles. The van der Waals surface area contributed by atoms with E-state index in [4.69, 9.17) is 21.3 Å². The quantitative estimate of drug-likeness (QED) is 0.566. The Morgan fingerprint density at radius 3 is 2.91 bits per heavy atom. The first kappa shape index (κ1) is 22.7. The number of hydrogen-bond acceptors (Lipinski definition) is 6. The minimum Gasteiger partial charge on any atom is -0.369 e. The number of amides is 1. The van der Waals surface area contributed by atoms with Crippen molar-refractivity contribution in [1.82, 2.24) is 20.2 Å². The van der Waals surface area contributed by atoms with E-state index in [0.29, 0.717) is 18.0 Å². The Labute approximate surface area is 203 Å². The fourth-order valence-corrected chi connectivity index (χ4v) is 6.30. The van der Waals surface area contributed by atoms with Crippen molar-refractivity contribution in [3.8, 4) is 11.3 Å². The third-order valence-corrected chi connectivity index (χ3v) is 7.75. The third kappa shape index (κ3) is 4.78. The Kier molecular flexibility index (Phi) is 6.16. The molecule has 0 radical (unpaired) electrons. The molecule has 2 fully saturated rings. The molecule has 1 atom stereocenters. The molecular weight excluding hydrogens is 456 g/mol. The molecule has 0 spiro atoms. The smallest absolute Gasteiger partial charge is 0.222 e. The molecule has 174 valence electrons. The number of thiophene rings is 1. The van der Waals surface area contributed by atoms with Gasteiger partial charge in [-0.1, -0.05) is 11.6 Å². The van der Waals surface area contributed by atoms with Gasteiger partial charge < -0.3 is 15.0 Å². The molecule has 6 nitrogen and oxygen atoms in total. The number of nitrogens with zero attached hydrogens (tertiary/aromatic N) is 3. The van der Waals surface area contributed by atoms with Crippen molar-refractivity contribution < 1.29 is 9.53 Å². The Morgan fingerprint density at radius 1 is 1.30 bits per heavy atom. The van der Waals surface area contributed by atoms with Gasteiger partial charge in [0.05, 0.1) is 34.2 Å². The summed E-state index contributed by atoms with van der Waals surface area (Å²) >= 11 is 8.19. The topological polar surface area (TPSA) is 67.4 Å². The first-order valence-electron chi connectivity index (χ1n) is 11.5. The molecule has 0 bridgehead atoms. The third-order valence-electron chi connectivity index (χ3n) is 6.41. The van der Waals surface area contributed by atoms with E-state index in [2.05, 4.69) is 37.1 Å². The van der Waals surface area contributed by atoms with Crippen molar-refractivity contribution in [3.05, 3.63) is 45.6 Å². The summed E-state index contributed by atoms with van der Waals surface area (Å²) in [7, 11) is 0. The van der Waals surface area contributed by atoms with Crippen molar-refractivity contribution in [2.75, 3.05) is 19.6 Å². The highest BCUT2D eigenvalue weighted by molar-refractivity contribution is 7.19. The van der Waals surface area contributed by atoms with Gasteiger partial charge in [-0.2, -0.15) is 0 Å². The van der Waals surface area contributed by atoms with Gasteiger partial charge in [0.15, 0.2) is 0 Å². The second kappa shape index (κ2) is 8.95. The van der Waals surface area contributed by atoms with Crippen molar-refractivity contribution in [2.24, 2.45) is 0 Å². The lowest BCUT2D eigenvalue weighted by atomic mass is 9.93. The lowest BCUT2D eigenvalue weighted by Gasteiger charge is -2.37. The number of benzene rings is 1. The molecule has 1 amide bonds. The molecule has 2 aliphatic rings. The zero-order chi connectivity index (χ0) is 23.2. The van der Waals surface area contributed by atoms with E-state index < -0.39 is 0 Å². The van der Waals surface area contributed by atoms with Crippen molar-refractivity contribution in [1.29, 1.82) is 0 Å². The predicted molar refractivity (Wildman–Crippen MR) is 133 cm³/mol. The highest BCUT2D eigenvalue weighted by Gasteiger charge is 2.30. The van der Waals surface area contributed by atoms with Gasteiger partial charge in [0.25, 0.3) is 0 Å². The van der Waals surface area contributed by atoms with Gasteiger partial charge in [-0.15, -0.1) is 11.3 Å². The summed E-state index contributed by atoms with van der Waals surface area (Å²) in [5.74, 6) is 0.232. The van der Waals surface area contributed by atoms with Crippen LogP contribution in [-0.2, 0) is 22.5 Å². The van der Waals surface area contributed by atoms with Crippen LogP contribution in [0.15, 0.2) is 24.5 Å². The monoisotopic (exact) mass is 484 g/mol. The van der Waals surface area contributed by atoms with Gasteiger partial charge in [-0.25, -0.2) is 9.97 Å².